The molecule has 0 saturated carbocycles. The van der Waals surface area contributed by atoms with Gasteiger partial charge in [-0.25, -0.2) is 0 Å². The lowest BCUT2D eigenvalue weighted by Crippen LogP contribution is -2.39. The van der Waals surface area contributed by atoms with Gasteiger partial charge in [-0.05, 0) is 66.8 Å². The summed E-state index contributed by atoms with van der Waals surface area (Å²) in [5.41, 5.74) is 2.17. The maximum Gasteiger partial charge on any atom is 0.328 e. The maximum absolute atomic E-state index is 9.08. The SMILES string of the molecule is CC1CC(C)CN(c2nc(Nc3ccc(C#N)cc3)nc(Oc3ccnc4ccc(Br)cc34)n2)C1. The fourth-order valence-electron chi connectivity index (χ4n) is 4.45. The van der Waals surface area contributed by atoms with Gasteiger partial charge in [0.15, 0.2) is 0 Å². The van der Waals surface area contributed by atoms with Crippen molar-refractivity contribution in [2.45, 2.75) is 20.3 Å². The van der Waals surface area contributed by atoms with Crippen molar-refractivity contribution < 1.29 is 4.74 Å². The molecule has 2 unspecified atom stereocenters. The molecule has 3 heterocycles. The van der Waals surface area contributed by atoms with E-state index in [1.807, 2.05) is 30.3 Å². The number of pyridine rings is 1. The van der Waals surface area contributed by atoms with Gasteiger partial charge in [-0.1, -0.05) is 29.8 Å². The highest BCUT2D eigenvalue weighted by atomic mass is 79.9. The van der Waals surface area contributed by atoms with E-state index < -0.39 is 0 Å². The number of hydrogen-bond acceptors (Lipinski definition) is 8. The second kappa shape index (κ2) is 9.84. The van der Waals surface area contributed by atoms with Crippen LogP contribution < -0.4 is 15.0 Å². The zero-order chi connectivity index (χ0) is 24.4. The summed E-state index contributed by atoms with van der Waals surface area (Å²) >= 11 is 3.52. The van der Waals surface area contributed by atoms with Crippen LogP contribution >= 0.6 is 15.9 Å². The minimum Gasteiger partial charge on any atom is -0.423 e. The molecular formula is C26H24BrN7O. The number of anilines is 3. The maximum atomic E-state index is 9.08. The number of hydrogen-bond donors (Lipinski definition) is 1. The number of piperidine rings is 1. The first-order valence-corrected chi connectivity index (χ1v) is 12.3. The quantitative estimate of drug-likeness (QED) is 0.332. The van der Waals surface area contributed by atoms with E-state index in [-0.39, 0.29) is 6.01 Å². The second-order valence-electron chi connectivity index (χ2n) is 8.98. The van der Waals surface area contributed by atoms with Crippen LogP contribution in [0.3, 0.4) is 0 Å². The average Bonchev–Trinajstić information content (AvgIpc) is 2.84. The number of nitrogens with one attached hydrogen (secondary N) is 1. The standard InChI is InChI=1S/C26H24BrN7O/c1-16-11-17(2)15-34(14-16)25-31-24(30-20-6-3-18(13-28)4-7-20)32-26(33-25)35-23-9-10-29-22-8-5-19(27)12-21(22)23/h3-10,12,16-17H,11,14-15H2,1-2H3,(H,30,31,32,33). The number of nitrogens with zero attached hydrogens (tertiary/aromatic N) is 6. The van der Waals surface area contributed by atoms with Crippen molar-refractivity contribution in [2.24, 2.45) is 11.8 Å². The number of benzene rings is 2. The fourth-order valence-corrected chi connectivity index (χ4v) is 4.81. The number of nitriles is 1. The van der Waals surface area contributed by atoms with E-state index >= 15 is 0 Å². The van der Waals surface area contributed by atoms with E-state index in [0.717, 1.165) is 34.2 Å². The number of rotatable bonds is 5. The predicted octanol–water partition coefficient (Wildman–Crippen LogP) is 6.07. The van der Waals surface area contributed by atoms with Crippen LogP contribution in [0, 0.1) is 23.2 Å². The molecule has 0 bridgehead atoms. The second-order valence-corrected chi connectivity index (χ2v) is 9.90. The van der Waals surface area contributed by atoms with E-state index in [9.17, 15) is 0 Å². The van der Waals surface area contributed by atoms with Crippen LogP contribution in [0.25, 0.3) is 10.9 Å². The van der Waals surface area contributed by atoms with Crippen LogP contribution in [0.5, 0.6) is 11.8 Å². The minimum absolute atomic E-state index is 0.199. The number of fused-ring (bicyclic) bond motifs is 1. The van der Waals surface area contributed by atoms with Crippen LogP contribution in [0.2, 0.25) is 0 Å². The lowest BCUT2D eigenvalue weighted by atomic mass is 9.92. The molecule has 1 N–H and O–H groups in total. The zero-order valence-electron chi connectivity index (χ0n) is 19.4. The lowest BCUT2D eigenvalue weighted by molar-refractivity contribution is 0.352. The van der Waals surface area contributed by atoms with Crippen LogP contribution in [0.4, 0.5) is 17.6 Å². The van der Waals surface area contributed by atoms with Gasteiger partial charge in [-0.3, -0.25) is 4.98 Å². The van der Waals surface area contributed by atoms with Crippen molar-refractivity contribution in [3.8, 4) is 17.8 Å². The molecule has 0 radical (unpaired) electrons. The molecule has 2 aromatic heterocycles. The molecule has 176 valence electrons. The summed E-state index contributed by atoms with van der Waals surface area (Å²) in [7, 11) is 0. The fraction of sp³-hybridized carbons (Fsp3) is 0.269. The largest absolute Gasteiger partial charge is 0.423 e. The highest BCUT2D eigenvalue weighted by Gasteiger charge is 2.25. The highest BCUT2D eigenvalue weighted by molar-refractivity contribution is 9.10. The van der Waals surface area contributed by atoms with Crippen molar-refractivity contribution in [2.75, 3.05) is 23.3 Å². The molecule has 9 heteroatoms. The van der Waals surface area contributed by atoms with E-state index in [1.54, 1.807) is 24.4 Å². The minimum atomic E-state index is 0.199. The van der Waals surface area contributed by atoms with Crippen LogP contribution in [-0.2, 0) is 0 Å². The van der Waals surface area contributed by atoms with Crippen LogP contribution in [-0.4, -0.2) is 33.0 Å². The Kier molecular flexibility index (Phi) is 6.47. The lowest BCUT2D eigenvalue weighted by Gasteiger charge is -2.35. The van der Waals surface area contributed by atoms with Crippen LogP contribution in [0.1, 0.15) is 25.8 Å². The first kappa shape index (κ1) is 23.0. The molecule has 1 saturated heterocycles. The molecule has 4 aromatic rings. The molecular weight excluding hydrogens is 506 g/mol. The number of halogens is 1. The summed E-state index contributed by atoms with van der Waals surface area (Å²) < 4.78 is 7.14. The molecule has 0 amide bonds. The Labute approximate surface area is 212 Å². The Hall–Kier alpha value is -3.77. The van der Waals surface area contributed by atoms with Crippen LogP contribution in [0.15, 0.2) is 59.2 Å². The summed E-state index contributed by atoms with van der Waals surface area (Å²) in [5, 5.41) is 13.2. The van der Waals surface area contributed by atoms with Gasteiger partial charge in [0, 0.05) is 34.8 Å². The van der Waals surface area contributed by atoms with Crippen molar-refractivity contribution >= 4 is 44.4 Å². The summed E-state index contributed by atoms with van der Waals surface area (Å²) in [6, 6.07) is 17.1. The van der Waals surface area contributed by atoms with Gasteiger partial charge in [0.1, 0.15) is 5.75 Å². The molecule has 2 atom stereocenters. The Balaban J connectivity index is 1.52. The van der Waals surface area contributed by atoms with E-state index in [1.165, 1.54) is 6.42 Å². The van der Waals surface area contributed by atoms with E-state index in [0.29, 0.717) is 35.0 Å². The third-order valence-corrected chi connectivity index (χ3v) is 6.38. The van der Waals surface area contributed by atoms with Gasteiger partial charge >= 0.3 is 6.01 Å². The predicted molar refractivity (Wildman–Crippen MR) is 139 cm³/mol. The van der Waals surface area contributed by atoms with Gasteiger partial charge in [0.25, 0.3) is 0 Å². The van der Waals surface area contributed by atoms with Gasteiger partial charge in [0.05, 0.1) is 17.1 Å². The Bertz CT molecular complexity index is 1390. The molecule has 5 rings (SSSR count). The molecule has 0 aliphatic carbocycles. The Morgan fingerprint density at radius 2 is 1.80 bits per heavy atom. The molecule has 1 fully saturated rings. The molecule has 1 aliphatic heterocycles. The monoisotopic (exact) mass is 529 g/mol. The van der Waals surface area contributed by atoms with Gasteiger partial charge in [0.2, 0.25) is 11.9 Å². The summed E-state index contributed by atoms with van der Waals surface area (Å²) in [6.07, 6.45) is 2.89. The first-order chi connectivity index (χ1) is 17.0. The van der Waals surface area contributed by atoms with Crippen molar-refractivity contribution in [1.82, 2.24) is 19.9 Å². The Morgan fingerprint density at radius 1 is 1.03 bits per heavy atom. The van der Waals surface area contributed by atoms with Gasteiger partial charge in [-0.2, -0.15) is 20.2 Å². The van der Waals surface area contributed by atoms with Crippen molar-refractivity contribution in [1.29, 1.82) is 5.26 Å². The van der Waals surface area contributed by atoms with E-state index in [2.05, 4.69) is 61.0 Å². The van der Waals surface area contributed by atoms with Gasteiger partial charge in [-0.15, -0.1) is 0 Å². The zero-order valence-corrected chi connectivity index (χ0v) is 21.0. The average molecular weight is 530 g/mol. The van der Waals surface area contributed by atoms with Crippen molar-refractivity contribution in [3.05, 3.63) is 64.8 Å². The summed E-state index contributed by atoms with van der Waals surface area (Å²) in [6.45, 7) is 6.24. The normalized spacial score (nSPS) is 17.7. The summed E-state index contributed by atoms with van der Waals surface area (Å²) in [4.78, 5) is 20.6. The third-order valence-electron chi connectivity index (χ3n) is 5.89. The highest BCUT2D eigenvalue weighted by Crippen LogP contribution is 2.31. The molecule has 2 aromatic carbocycles. The molecule has 1 aliphatic rings. The molecule has 8 nitrogen and oxygen atoms in total. The summed E-state index contributed by atoms with van der Waals surface area (Å²) in [5.74, 6) is 2.63. The number of aromatic nitrogens is 4. The van der Waals surface area contributed by atoms with Crippen molar-refractivity contribution in [3.63, 3.8) is 0 Å². The Morgan fingerprint density at radius 3 is 2.54 bits per heavy atom. The number of ether oxygens (including phenoxy) is 1. The van der Waals surface area contributed by atoms with Gasteiger partial charge < -0.3 is 15.0 Å². The smallest absolute Gasteiger partial charge is 0.328 e. The topological polar surface area (TPSA) is 99.9 Å². The third kappa shape index (κ3) is 5.33. The molecule has 0 spiro atoms. The molecule has 35 heavy (non-hydrogen) atoms. The van der Waals surface area contributed by atoms with E-state index in [4.69, 9.17) is 15.0 Å². The first-order valence-electron chi connectivity index (χ1n) is 11.5.